The molecular formula is C12H11O2Sb. The molecule has 0 aliphatic rings. The maximum absolute atomic E-state index is 12.3. The Morgan fingerprint density at radius 1 is 0.733 bits per heavy atom. The molecule has 0 saturated heterocycles. The first-order chi connectivity index (χ1) is 7.21. The van der Waals surface area contributed by atoms with E-state index in [1.165, 1.54) is 0 Å². The van der Waals surface area contributed by atoms with Crippen LogP contribution in [0.3, 0.4) is 0 Å². The van der Waals surface area contributed by atoms with E-state index in [9.17, 15) is 6.40 Å². The van der Waals surface area contributed by atoms with Gasteiger partial charge >= 0.3 is 93.3 Å². The average Bonchev–Trinajstić information content (AvgIpc) is 2.31. The molecule has 2 nitrogen and oxygen atoms in total. The molecule has 0 unspecified atom stereocenters. The van der Waals surface area contributed by atoms with Crippen LogP contribution in [0.25, 0.3) is 0 Å². The molecule has 0 heterocycles. The average molecular weight is 309 g/mol. The van der Waals surface area contributed by atoms with E-state index in [1.807, 2.05) is 12.1 Å². The van der Waals surface area contributed by atoms with Gasteiger partial charge in [-0.05, 0) is 0 Å². The molecule has 76 valence electrons. The Hall–Kier alpha value is -0.982. The van der Waals surface area contributed by atoms with Gasteiger partial charge in [-0.15, -0.1) is 0 Å². The van der Waals surface area contributed by atoms with Crippen molar-refractivity contribution in [3.8, 4) is 0 Å². The summed E-state index contributed by atoms with van der Waals surface area (Å²) < 4.78 is 23.5. The second-order valence-electron chi connectivity index (χ2n) is 3.25. The fourth-order valence-electron chi connectivity index (χ4n) is 1.41. The van der Waals surface area contributed by atoms with Crippen molar-refractivity contribution in [2.75, 3.05) is 0 Å². The van der Waals surface area contributed by atoms with Crippen LogP contribution in [-0.4, -0.2) is 22.6 Å². The van der Waals surface area contributed by atoms with E-state index in [2.05, 4.69) is 0 Å². The quantitative estimate of drug-likeness (QED) is 0.828. The van der Waals surface area contributed by atoms with E-state index in [0.717, 1.165) is 0 Å². The van der Waals surface area contributed by atoms with Crippen molar-refractivity contribution < 1.29 is 6.40 Å². The van der Waals surface area contributed by atoms with Crippen molar-refractivity contribution in [2.45, 2.75) is 0 Å². The molecule has 2 aromatic rings. The minimum atomic E-state index is -4.38. The molecule has 0 amide bonds. The van der Waals surface area contributed by atoms with Crippen LogP contribution in [-0.2, 0) is 3.02 Å². The molecule has 0 aromatic heterocycles. The normalized spacial score (nSPS) is 11.3. The van der Waals surface area contributed by atoms with E-state index in [4.69, 9.17) is 0 Å². The van der Waals surface area contributed by atoms with Gasteiger partial charge in [0.1, 0.15) is 0 Å². The van der Waals surface area contributed by atoms with Gasteiger partial charge in [0.15, 0.2) is 0 Å². The molecule has 2 aromatic carbocycles. The topological polar surface area (TPSA) is 37.3 Å². The van der Waals surface area contributed by atoms with Gasteiger partial charge in [0, 0.05) is 0 Å². The van der Waals surface area contributed by atoms with Gasteiger partial charge in [-0.25, -0.2) is 0 Å². The summed E-state index contributed by atoms with van der Waals surface area (Å²) >= 11 is -4.38. The first kappa shape index (κ1) is 10.5. The second kappa shape index (κ2) is 4.26. The van der Waals surface area contributed by atoms with Crippen molar-refractivity contribution >= 4 is 26.2 Å². The fourth-order valence-corrected chi connectivity index (χ4v) is 5.55. The first-order valence-electron chi connectivity index (χ1n) is 4.65. The van der Waals surface area contributed by atoms with Crippen LogP contribution in [0.4, 0.5) is 0 Å². The molecule has 0 bridgehead atoms. The third kappa shape index (κ3) is 2.17. The van der Waals surface area contributed by atoms with Crippen molar-refractivity contribution in [1.29, 1.82) is 0 Å². The Labute approximate surface area is 93.2 Å². The second-order valence-corrected chi connectivity index (χ2v) is 9.48. The van der Waals surface area contributed by atoms with Gasteiger partial charge < -0.3 is 0 Å². The van der Waals surface area contributed by atoms with Crippen LogP contribution in [0.2, 0.25) is 0 Å². The number of benzene rings is 2. The molecular weight excluding hydrogens is 298 g/mol. The van der Waals surface area contributed by atoms with Crippen LogP contribution in [0.5, 0.6) is 0 Å². The van der Waals surface area contributed by atoms with Gasteiger partial charge in [-0.1, -0.05) is 0 Å². The summed E-state index contributed by atoms with van der Waals surface area (Å²) in [7, 11) is 0. The molecule has 3 heteroatoms. The summed E-state index contributed by atoms with van der Waals surface area (Å²) in [6.07, 6.45) is 0. The maximum atomic E-state index is 12.3. The predicted molar refractivity (Wildman–Crippen MR) is 60.8 cm³/mol. The van der Waals surface area contributed by atoms with Crippen molar-refractivity contribution in [3.63, 3.8) is 0 Å². The Balaban J connectivity index is 2.50. The summed E-state index contributed by atoms with van der Waals surface area (Å²) in [5.41, 5.74) is 0. The molecule has 0 atom stereocenters. The zero-order valence-corrected chi connectivity index (χ0v) is 10.6. The molecule has 0 aliphatic heterocycles. The van der Waals surface area contributed by atoms with Crippen molar-refractivity contribution in [3.05, 3.63) is 60.7 Å². The molecule has 0 aliphatic carbocycles. The van der Waals surface area contributed by atoms with Crippen LogP contribution in [0, 0.1) is 0 Å². The first-order valence-corrected chi connectivity index (χ1v) is 9.39. The Morgan fingerprint density at radius 3 is 1.40 bits per heavy atom. The van der Waals surface area contributed by atoms with E-state index >= 15 is 0 Å². The summed E-state index contributed by atoms with van der Waals surface area (Å²) in [6.45, 7) is 0. The zero-order chi connectivity index (χ0) is 10.7. The minimum absolute atomic E-state index is 0.558. The van der Waals surface area contributed by atoms with Crippen LogP contribution >= 0.6 is 0 Å². The van der Waals surface area contributed by atoms with Crippen molar-refractivity contribution in [2.24, 2.45) is 0 Å². The van der Waals surface area contributed by atoms with Crippen LogP contribution < -0.4 is 7.02 Å². The molecule has 0 radical (unpaired) electrons. The van der Waals surface area contributed by atoms with Crippen LogP contribution in [0.1, 0.15) is 0 Å². The van der Waals surface area contributed by atoms with Gasteiger partial charge in [0.25, 0.3) is 0 Å². The summed E-state index contributed by atoms with van der Waals surface area (Å²) in [5.74, 6) is 0. The fraction of sp³-hybridized carbons (Fsp3) is 0. The van der Waals surface area contributed by atoms with E-state index in [0.29, 0.717) is 7.02 Å². The van der Waals surface area contributed by atoms with E-state index in [-0.39, 0.29) is 0 Å². The molecule has 0 fully saturated rings. The SMILES string of the molecule is [O]=[Sb]([OH])([c]1ccccc1)[c]1ccccc1. The third-order valence-electron chi connectivity index (χ3n) is 2.21. The molecule has 0 spiro atoms. The number of hydrogen-bond donors (Lipinski definition) is 1. The Kier molecular flexibility index (Phi) is 2.99. The molecule has 15 heavy (non-hydrogen) atoms. The van der Waals surface area contributed by atoms with Gasteiger partial charge in [0.2, 0.25) is 0 Å². The number of hydrogen-bond acceptors (Lipinski definition) is 1. The van der Waals surface area contributed by atoms with Crippen molar-refractivity contribution in [1.82, 2.24) is 0 Å². The predicted octanol–water partition coefficient (Wildman–Crippen LogP) is 0.666. The monoisotopic (exact) mass is 308 g/mol. The summed E-state index contributed by atoms with van der Waals surface area (Å²) in [4.78, 5) is 0. The van der Waals surface area contributed by atoms with E-state index in [1.54, 1.807) is 48.5 Å². The van der Waals surface area contributed by atoms with Crippen LogP contribution in [0.15, 0.2) is 60.7 Å². The zero-order valence-electron chi connectivity index (χ0n) is 8.08. The Morgan fingerprint density at radius 2 is 1.07 bits per heavy atom. The molecule has 2 rings (SSSR count). The standard InChI is InChI=1S/2C6H5.H2O.O.Sb/c2*1-2-4-6-5-3-1;;;/h2*1-5H;1H2;;/q;;;;+1/p-1. The van der Waals surface area contributed by atoms with E-state index < -0.39 is 19.2 Å². The summed E-state index contributed by atoms with van der Waals surface area (Å²) in [6, 6.07) is 17.7. The van der Waals surface area contributed by atoms with Gasteiger partial charge in [-0.3, -0.25) is 0 Å². The third-order valence-corrected chi connectivity index (χ3v) is 7.91. The Bertz CT molecular complexity index is 436. The molecule has 0 saturated carbocycles. The molecule has 1 N–H and O–H groups in total. The number of rotatable bonds is 2. The van der Waals surface area contributed by atoms with Gasteiger partial charge in [0.05, 0.1) is 0 Å². The van der Waals surface area contributed by atoms with Gasteiger partial charge in [-0.2, -0.15) is 0 Å². The summed E-state index contributed by atoms with van der Waals surface area (Å²) in [5, 5.41) is 0.